The number of amides is 2. The van der Waals surface area contributed by atoms with Gasteiger partial charge in [0, 0.05) is 17.5 Å². The molecule has 2 N–H and O–H groups in total. The van der Waals surface area contributed by atoms with Crippen LogP contribution in [-0.4, -0.2) is 37.5 Å². The Hall–Kier alpha value is -3.36. The van der Waals surface area contributed by atoms with Crippen LogP contribution in [0.4, 0.5) is 0 Å². The molecule has 0 atom stereocenters. The third-order valence-electron chi connectivity index (χ3n) is 3.85. The maximum atomic E-state index is 11.7. The van der Waals surface area contributed by atoms with E-state index in [1.165, 1.54) is 12.1 Å². The number of ether oxygens (including phenoxy) is 1. The second-order valence-corrected chi connectivity index (χ2v) is 6.07. The molecule has 0 saturated carbocycles. The van der Waals surface area contributed by atoms with Crippen LogP contribution in [0, 0.1) is 0 Å². The van der Waals surface area contributed by atoms with Crippen LogP contribution in [0.1, 0.15) is 25.3 Å². The number of carboxylic acid groups (broad SMARTS) is 1. The summed E-state index contributed by atoms with van der Waals surface area (Å²) in [5, 5.41) is 15.4. The van der Waals surface area contributed by atoms with Crippen LogP contribution in [0.15, 0.2) is 33.5 Å². The molecule has 9 nitrogen and oxygen atoms in total. The van der Waals surface area contributed by atoms with Gasteiger partial charge in [-0.15, -0.1) is 0 Å². The number of rotatable bonds is 10. The molecule has 0 aliphatic rings. The fourth-order valence-electron chi connectivity index (χ4n) is 2.49. The first-order valence-electron chi connectivity index (χ1n) is 8.82. The molecule has 0 radical (unpaired) electrons. The fourth-order valence-corrected chi connectivity index (χ4v) is 2.49. The van der Waals surface area contributed by atoms with Crippen LogP contribution in [0.25, 0.3) is 11.0 Å². The highest BCUT2D eigenvalue weighted by molar-refractivity contribution is 5.87. The molecular weight excluding hydrogens is 368 g/mol. The number of nitrogens with one attached hydrogen (secondary N) is 2. The minimum atomic E-state index is -1.43. The monoisotopic (exact) mass is 389 g/mol. The first-order chi connectivity index (χ1) is 13.4. The number of carbonyl (C=O) groups is 3. The van der Waals surface area contributed by atoms with Gasteiger partial charge < -0.3 is 29.7 Å². The van der Waals surface area contributed by atoms with E-state index in [9.17, 15) is 24.3 Å². The van der Waals surface area contributed by atoms with E-state index in [-0.39, 0.29) is 13.2 Å². The second-order valence-electron chi connectivity index (χ2n) is 6.07. The lowest BCUT2D eigenvalue weighted by atomic mass is 10.0. The molecule has 0 fully saturated rings. The van der Waals surface area contributed by atoms with Crippen LogP contribution in [0.5, 0.6) is 5.75 Å². The van der Waals surface area contributed by atoms with Crippen LogP contribution in [0.2, 0.25) is 0 Å². The van der Waals surface area contributed by atoms with Gasteiger partial charge in [0.1, 0.15) is 11.3 Å². The summed E-state index contributed by atoms with van der Waals surface area (Å²) in [6.07, 6.45) is 2.72. The zero-order valence-corrected chi connectivity index (χ0v) is 15.4. The molecule has 0 bridgehead atoms. The lowest BCUT2D eigenvalue weighted by molar-refractivity contribution is -0.304. The van der Waals surface area contributed by atoms with Gasteiger partial charge in [-0.2, -0.15) is 0 Å². The SMILES string of the molecule is CCCCc1cc(=O)oc2cc(OCC(=O)NCC(=O)NCC(=O)[O-])ccc12. The van der Waals surface area contributed by atoms with Crippen molar-refractivity contribution in [3.8, 4) is 5.75 Å². The summed E-state index contributed by atoms with van der Waals surface area (Å²) >= 11 is 0. The predicted molar refractivity (Wildman–Crippen MR) is 97.6 cm³/mol. The van der Waals surface area contributed by atoms with Gasteiger partial charge in [0.05, 0.1) is 19.1 Å². The summed E-state index contributed by atoms with van der Waals surface area (Å²) < 4.78 is 10.6. The minimum absolute atomic E-state index is 0.333. The highest BCUT2D eigenvalue weighted by Crippen LogP contribution is 2.23. The van der Waals surface area contributed by atoms with Gasteiger partial charge in [-0.05, 0) is 30.5 Å². The van der Waals surface area contributed by atoms with Crippen molar-refractivity contribution in [3.63, 3.8) is 0 Å². The van der Waals surface area contributed by atoms with Crippen molar-refractivity contribution >= 4 is 28.8 Å². The maximum Gasteiger partial charge on any atom is 0.336 e. The van der Waals surface area contributed by atoms with Gasteiger partial charge in [-0.3, -0.25) is 9.59 Å². The van der Waals surface area contributed by atoms with Crippen LogP contribution < -0.4 is 26.1 Å². The lowest BCUT2D eigenvalue weighted by Crippen LogP contribution is -2.43. The molecule has 0 aliphatic heterocycles. The molecular formula is C19H21N2O7-. The Kier molecular flexibility index (Phi) is 7.55. The molecule has 2 amide bonds. The van der Waals surface area contributed by atoms with Gasteiger partial charge in [0.2, 0.25) is 5.91 Å². The number of hydrogen-bond donors (Lipinski definition) is 2. The molecule has 0 aliphatic carbocycles. The van der Waals surface area contributed by atoms with Gasteiger partial charge >= 0.3 is 5.63 Å². The van der Waals surface area contributed by atoms with E-state index in [2.05, 4.69) is 17.6 Å². The van der Waals surface area contributed by atoms with Gasteiger partial charge in [-0.25, -0.2) is 4.79 Å². The molecule has 2 rings (SSSR count). The van der Waals surface area contributed by atoms with E-state index in [0.717, 1.165) is 30.2 Å². The minimum Gasteiger partial charge on any atom is -0.548 e. The van der Waals surface area contributed by atoms with Crippen LogP contribution in [0.3, 0.4) is 0 Å². The number of unbranched alkanes of at least 4 members (excludes halogenated alkanes) is 1. The Bertz CT molecular complexity index is 920. The van der Waals surface area contributed by atoms with Crippen molar-refractivity contribution in [2.24, 2.45) is 0 Å². The molecule has 28 heavy (non-hydrogen) atoms. The fraction of sp³-hybridized carbons (Fsp3) is 0.368. The lowest BCUT2D eigenvalue weighted by Gasteiger charge is -2.10. The summed E-state index contributed by atoms with van der Waals surface area (Å²) in [6.45, 7) is 0.688. The molecule has 150 valence electrons. The number of aryl methyl sites for hydroxylation is 1. The number of benzene rings is 1. The van der Waals surface area contributed by atoms with Crippen LogP contribution in [-0.2, 0) is 20.8 Å². The second kappa shape index (κ2) is 10.1. The third-order valence-corrected chi connectivity index (χ3v) is 3.85. The quantitative estimate of drug-likeness (QED) is 0.522. The van der Waals surface area contributed by atoms with E-state index in [4.69, 9.17) is 9.15 Å². The summed E-state index contributed by atoms with van der Waals surface area (Å²) in [4.78, 5) is 45.0. The summed E-state index contributed by atoms with van der Waals surface area (Å²) in [6, 6.07) is 6.45. The van der Waals surface area contributed by atoms with E-state index >= 15 is 0 Å². The topological polar surface area (TPSA) is 138 Å². The normalized spacial score (nSPS) is 10.5. The highest BCUT2D eigenvalue weighted by Gasteiger charge is 2.09. The number of carbonyl (C=O) groups excluding carboxylic acids is 3. The Morgan fingerprint density at radius 3 is 2.57 bits per heavy atom. The van der Waals surface area contributed by atoms with Crippen molar-refractivity contribution in [3.05, 3.63) is 40.2 Å². The Morgan fingerprint density at radius 1 is 1.11 bits per heavy atom. The standard InChI is InChI=1S/C19H22N2O7/c1-2-3-4-12-7-19(26)28-15-8-13(5-6-14(12)15)27-11-17(23)20-9-16(22)21-10-18(24)25/h5-8H,2-4,9-11H2,1H3,(H,20,23)(H,21,22)(H,24,25)/p-1. The average Bonchev–Trinajstić information content (AvgIpc) is 2.66. The van der Waals surface area contributed by atoms with Crippen molar-refractivity contribution in [1.82, 2.24) is 10.6 Å². The molecule has 2 aromatic rings. The van der Waals surface area contributed by atoms with Crippen LogP contribution >= 0.6 is 0 Å². The van der Waals surface area contributed by atoms with E-state index in [1.807, 2.05) is 0 Å². The van der Waals surface area contributed by atoms with E-state index in [0.29, 0.717) is 11.3 Å². The Labute approximate surface area is 160 Å². The number of carboxylic acids is 1. The molecule has 0 saturated heterocycles. The molecule has 0 spiro atoms. The molecule has 9 heteroatoms. The number of aliphatic carboxylic acids is 1. The highest BCUT2D eigenvalue weighted by atomic mass is 16.5. The largest absolute Gasteiger partial charge is 0.548 e. The average molecular weight is 389 g/mol. The van der Waals surface area contributed by atoms with Gasteiger partial charge in [0.15, 0.2) is 6.61 Å². The Balaban J connectivity index is 1.93. The Morgan fingerprint density at radius 2 is 1.86 bits per heavy atom. The molecule has 1 heterocycles. The molecule has 1 aromatic carbocycles. The van der Waals surface area contributed by atoms with E-state index in [1.54, 1.807) is 12.1 Å². The summed E-state index contributed by atoms with van der Waals surface area (Å²) in [5.41, 5.74) is 0.828. The molecule has 1 aromatic heterocycles. The summed E-state index contributed by atoms with van der Waals surface area (Å²) in [7, 11) is 0. The van der Waals surface area contributed by atoms with Crippen molar-refractivity contribution < 1.29 is 28.6 Å². The zero-order chi connectivity index (χ0) is 20.5. The number of hydrogen-bond acceptors (Lipinski definition) is 7. The van der Waals surface area contributed by atoms with Crippen molar-refractivity contribution in [1.29, 1.82) is 0 Å². The smallest absolute Gasteiger partial charge is 0.336 e. The van der Waals surface area contributed by atoms with Gasteiger partial charge in [0.25, 0.3) is 5.91 Å². The van der Waals surface area contributed by atoms with Crippen molar-refractivity contribution in [2.75, 3.05) is 19.7 Å². The first-order valence-corrected chi connectivity index (χ1v) is 8.82. The summed E-state index contributed by atoms with van der Waals surface area (Å²) in [5.74, 6) is -2.32. The predicted octanol–water partition coefficient (Wildman–Crippen LogP) is -0.503. The molecule has 0 unspecified atom stereocenters. The third kappa shape index (κ3) is 6.42. The zero-order valence-electron chi connectivity index (χ0n) is 15.4. The number of fused-ring (bicyclic) bond motifs is 1. The van der Waals surface area contributed by atoms with Gasteiger partial charge in [-0.1, -0.05) is 13.3 Å². The van der Waals surface area contributed by atoms with Crippen molar-refractivity contribution in [2.45, 2.75) is 26.2 Å². The maximum absolute atomic E-state index is 11.7. The van der Waals surface area contributed by atoms with E-state index < -0.39 is 30.0 Å². The first kappa shape index (κ1) is 20.9.